The highest BCUT2D eigenvalue weighted by atomic mass is 32.2. The summed E-state index contributed by atoms with van der Waals surface area (Å²) < 4.78 is 143. The molecule has 14 heteroatoms. The zero-order valence-electron chi connectivity index (χ0n) is 17.4. The van der Waals surface area contributed by atoms with E-state index in [-0.39, 0.29) is 12.0 Å². The summed E-state index contributed by atoms with van der Waals surface area (Å²) in [5, 5.41) is -6.57. The van der Waals surface area contributed by atoms with Gasteiger partial charge in [0.1, 0.15) is 0 Å². The molecule has 0 saturated heterocycles. The molecule has 1 N–H and O–H groups in total. The van der Waals surface area contributed by atoms with Crippen molar-refractivity contribution in [1.82, 2.24) is 0 Å². The van der Waals surface area contributed by atoms with Gasteiger partial charge in [0.25, 0.3) is 0 Å². The molecule has 0 heterocycles. The van der Waals surface area contributed by atoms with Crippen LogP contribution in [-0.4, -0.2) is 49.6 Å². The lowest BCUT2D eigenvalue weighted by molar-refractivity contribution is -0.456. The first-order valence-electron chi connectivity index (χ1n) is 9.99. The van der Waals surface area contributed by atoms with Crippen LogP contribution in [0, 0.1) is 23.2 Å². The molecule has 0 spiro atoms. The monoisotopic (exact) mass is 506 g/mol. The normalized spacial score (nSPS) is 30.0. The van der Waals surface area contributed by atoms with E-state index in [4.69, 9.17) is 9.29 Å². The highest BCUT2D eigenvalue weighted by Crippen LogP contribution is 2.54. The molecule has 2 fully saturated rings. The van der Waals surface area contributed by atoms with Crippen LogP contribution >= 0.6 is 0 Å². The maximum atomic E-state index is 13.7. The van der Waals surface area contributed by atoms with E-state index in [0.717, 1.165) is 25.7 Å². The Labute approximate surface area is 180 Å². The van der Waals surface area contributed by atoms with Gasteiger partial charge >= 0.3 is 33.5 Å². The summed E-state index contributed by atoms with van der Waals surface area (Å²) >= 11 is 0. The second-order valence-corrected chi connectivity index (χ2v) is 10.8. The first kappa shape index (κ1) is 27.5. The lowest BCUT2D eigenvalue weighted by atomic mass is 9.86. The quantitative estimate of drug-likeness (QED) is 0.226. The minimum atomic E-state index is -6.93. The molecule has 2 saturated carbocycles. The van der Waals surface area contributed by atoms with Crippen LogP contribution in [0.1, 0.15) is 52.4 Å². The molecule has 2 aliphatic rings. The number of rotatable bonds is 11. The molecule has 32 heavy (non-hydrogen) atoms. The van der Waals surface area contributed by atoms with Crippen molar-refractivity contribution in [2.75, 3.05) is 13.2 Å². The van der Waals surface area contributed by atoms with Gasteiger partial charge in [-0.25, -0.2) is 4.74 Å². The summed E-state index contributed by atoms with van der Waals surface area (Å²) in [5.41, 5.74) is -0.186. The Bertz CT molecular complexity index is 759. The van der Waals surface area contributed by atoms with Crippen molar-refractivity contribution in [3.8, 4) is 0 Å². The predicted molar refractivity (Wildman–Crippen MR) is 95.2 cm³/mol. The van der Waals surface area contributed by atoms with Crippen LogP contribution in [0.4, 0.5) is 35.1 Å². The molecule has 0 aromatic carbocycles. The number of halogens is 8. The van der Waals surface area contributed by atoms with E-state index < -0.39 is 53.0 Å². The molecule has 0 radical (unpaired) electrons. The second-order valence-electron chi connectivity index (χ2n) is 9.30. The molecule has 5 nitrogen and oxygen atoms in total. The van der Waals surface area contributed by atoms with E-state index in [1.54, 1.807) is 0 Å². The van der Waals surface area contributed by atoms with E-state index in [9.17, 15) is 43.5 Å². The van der Waals surface area contributed by atoms with Crippen molar-refractivity contribution in [2.24, 2.45) is 23.2 Å². The van der Waals surface area contributed by atoms with Gasteiger partial charge in [0, 0.05) is 13.0 Å². The fourth-order valence-corrected chi connectivity index (χ4v) is 5.13. The Morgan fingerprint density at radius 1 is 0.969 bits per heavy atom. The summed E-state index contributed by atoms with van der Waals surface area (Å²) in [6, 6.07) is 0. The Hall–Kier alpha value is -0.730. The van der Waals surface area contributed by atoms with Crippen molar-refractivity contribution in [1.29, 1.82) is 0 Å². The van der Waals surface area contributed by atoms with Gasteiger partial charge in [-0.2, -0.15) is 43.5 Å². The molecule has 0 bridgehead atoms. The van der Waals surface area contributed by atoms with Crippen LogP contribution in [0.5, 0.6) is 0 Å². The highest BCUT2D eigenvalue weighted by molar-refractivity contribution is 7.86. The maximum absolute atomic E-state index is 13.7. The summed E-state index contributed by atoms with van der Waals surface area (Å²) in [5.74, 6) is -3.59. The van der Waals surface area contributed by atoms with Crippen molar-refractivity contribution in [3.05, 3.63) is 0 Å². The van der Waals surface area contributed by atoms with Crippen LogP contribution in [0.3, 0.4) is 0 Å². The molecular formula is C18H26F8O5S. The zero-order valence-corrected chi connectivity index (χ0v) is 18.2. The molecular weight excluding hydrogens is 480 g/mol. The molecule has 2 atom stereocenters. The molecule has 0 aromatic rings. The van der Waals surface area contributed by atoms with E-state index >= 15 is 0 Å². The number of hydrogen-bond acceptors (Lipinski definition) is 4. The van der Waals surface area contributed by atoms with Gasteiger partial charge < -0.3 is 4.74 Å². The lowest BCUT2D eigenvalue weighted by Gasteiger charge is -2.31. The van der Waals surface area contributed by atoms with Gasteiger partial charge in [-0.15, -0.1) is 0 Å². The molecule has 2 unspecified atom stereocenters. The minimum Gasteiger partial charge on any atom is -0.381 e. The number of alkyl halides is 8. The molecule has 0 amide bonds. The van der Waals surface area contributed by atoms with E-state index in [0.29, 0.717) is 17.8 Å². The minimum absolute atomic E-state index is 0.186. The summed E-state index contributed by atoms with van der Waals surface area (Å²) in [6.07, 6.45) is -11.3. The van der Waals surface area contributed by atoms with Crippen LogP contribution in [0.15, 0.2) is 0 Å². The average Bonchev–Trinajstić information content (AvgIpc) is 3.04. The Balaban J connectivity index is 1.84. The standard InChI is InChI=1S/C18H26F8O5S/c1-11-6-12-8-14(2,9-13(12)7-11)10-30-5-3-4-15(19,20)16(21,22)31-17(23,24)18(25,26)32(27,28)29/h11-13H,3-10H2,1-2H3,(H,27,28,29). The second kappa shape index (κ2) is 8.81. The van der Waals surface area contributed by atoms with E-state index in [2.05, 4.69) is 11.7 Å². The SMILES string of the molecule is CC1CC2CC(C)(COCCCC(F)(F)C(F)(F)OC(F)(F)C(F)(F)S(=O)(=O)O)CC2C1. The van der Waals surface area contributed by atoms with Crippen molar-refractivity contribution >= 4 is 10.1 Å². The van der Waals surface area contributed by atoms with Crippen LogP contribution < -0.4 is 0 Å². The van der Waals surface area contributed by atoms with Crippen LogP contribution in [0.2, 0.25) is 0 Å². The van der Waals surface area contributed by atoms with Gasteiger partial charge in [-0.05, 0) is 55.3 Å². The van der Waals surface area contributed by atoms with E-state index in [1.807, 2.05) is 6.92 Å². The topological polar surface area (TPSA) is 72.8 Å². The van der Waals surface area contributed by atoms with Crippen molar-refractivity contribution in [2.45, 2.75) is 75.8 Å². The number of hydrogen-bond donors (Lipinski definition) is 1. The van der Waals surface area contributed by atoms with Crippen LogP contribution in [-0.2, 0) is 19.6 Å². The number of fused-ring (bicyclic) bond motifs is 1. The molecule has 2 rings (SSSR count). The third-order valence-corrected chi connectivity index (χ3v) is 7.05. The highest BCUT2D eigenvalue weighted by Gasteiger charge is 2.73. The van der Waals surface area contributed by atoms with Gasteiger partial charge in [0.15, 0.2) is 0 Å². The fraction of sp³-hybridized carbons (Fsp3) is 1.00. The van der Waals surface area contributed by atoms with Crippen molar-refractivity contribution < 1.29 is 57.6 Å². The zero-order chi connectivity index (χ0) is 24.8. The molecule has 0 aliphatic heterocycles. The van der Waals surface area contributed by atoms with Gasteiger partial charge in [0.05, 0.1) is 6.61 Å². The summed E-state index contributed by atoms with van der Waals surface area (Å²) in [4.78, 5) is 0. The maximum Gasteiger partial charge on any atom is 0.460 e. The van der Waals surface area contributed by atoms with E-state index in [1.165, 1.54) is 0 Å². The third-order valence-electron chi connectivity index (χ3n) is 6.16. The first-order valence-corrected chi connectivity index (χ1v) is 11.4. The predicted octanol–water partition coefficient (Wildman–Crippen LogP) is 5.56. The van der Waals surface area contributed by atoms with Crippen molar-refractivity contribution in [3.63, 3.8) is 0 Å². The van der Waals surface area contributed by atoms with Gasteiger partial charge in [0.2, 0.25) is 0 Å². The lowest BCUT2D eigenvalue weighted by Crippen LogP contribution is -2.55. The van der Waals surface area contributed by atoms with Gasteiger partial charge in [-0.1, -0.05) is 13.8 Å². The molecule has 190 valence electrons. The first-order chi connectivity index (χ1) is 14.2. The Morgan fingerprint density at radius 2 is 1.47 bits per heavy atom. The van der Waals surface area contributed by atoms with Crippen LogP contribution in [0.25, 0.3) is 0 Å². The third kappa shape index (κ3) is 5.66. The molecule has 0 aromatic heterocycles. The molecule has 2 aliphatic carbocycles. The summed E-state index contributed by atoms with van der Waals surface area (Å²) in [7, 11) is -6.93. The average molecular weight is 506 g/mol. The summed E-state index contributed by atoms with van der Waals surface area (Å²) in [6.45, 7) is 3.94. The Kier molecular flexibility index (Phi) is 7.57. The van der Waals surface area contributed by atoms with Gasteiger partial charge in [-0.3, -0.25) is 4.55 Å². The fourth-order valence-electron chi connectivity index (χ4n) is 4.79. The number of ether oxygens (including phenoxy) is 2. The Morgan fingerprint density at radius 3 is 1.94 bits per heavy atom. The largest absolute Gasteiger partial charge is 0.460 e. The smallest absolute Gasteiger partial charge is 0.381 e.